The van der Waals surface area contributed by atoms with Gasteiger partial charge < -0.3 is 19.9 Å². The first-order valence-corrected chi connectivity index (χ1v) is 11.8. The zero-order valence-electron chi connectivity index (χ0n) is 21.1. The van der Waals surface area contributed by atoms with Crippen LogP contribution in [0.1, 0.15) is 32.6 Å². The number of nitrogens with one attached hydrogen (secondary N) is 1. The predicted octanol–water partition coefficient (Wildman–Crippen LogP) is 3.30. The Kier molecular flexibility index (Phi) is 9.92. The summed E-state index contributed by atoms with van der Waals surface area (Å²) in [6.45, 7) is -0.591. The third kappa shape index (κ3) is 7.63. The Bertz CT molecular complexity index is 1350. The molecule has 1 atom stereocenters. The second kappa shape index (κ2) is 13.5. The van der Waals surface area contributed by atoms with Crippen LogP contribution in [0.2, 0.25) is 0 Å². The lowest BCUT2D eigenvalue weighted by Crippen LogP contribution is -2.42. The molecule has 2 N–H and O–H groups in total. The van der Waals surface area contributed by atoms with Gasteiger partial charge in [0.25, 0.3) is 0 Å². The molecule has 0 bridgehead atoms. The Labute approximate surface area is 221 Å². The van der Waals surface area contributed by atoms with Crippen LogP contribution >= 0.6 is 0 Å². The highest BCUT2D eigenvalue weighted by Gasteiger charge is 2.21. The molecule has 0 aliphatic rings. The van der Waals surface area contributed by atoms with Gasteiger partial charge in [-0.25, -0.2) is 0 Å². The molecular formula is C30H28N2O6. The highest BCUT2D eigenvalue weighted by molar-refractivity contribution is 5.98. The van der Waals surface area contributed by atoms with Crippen molar-refractivity contribution in [2.45, 2.75) is 18.9 Å². The van der Waals surface area contributed by atoms with Gasteiger partial charge in [-0.1, -0.05) is 36.4 Å². The number of nitriles is 1. The number of aliphatic hydroxyl groups is 1. The Morgan fingerprint density at radius 3 is 2.26 bits per heavy atom. The molecule has 0 unspecified atom stereocenters. The molecule has 0 fully saturated rings. The zero-order valence-corrected chi connectivity index (χ0v) is 21.1. The summed E-state index contributed by atoms with van der Waals surface area (Å²) in [7, 11) is 3.07. The number of benzene rings is 3. The van der Waals surface area contributed by atoms with E-state index in [1.807, 2.05) is 0 Å². The molecule has 194 valence electrons. The van der Waals surface area contributed by atoms with Crippen LogP contribution in [0.4, 0.5) is 0 Å². The van der Waals surface area contributed by atoms with Crippen LogP contribution in [0, 0.1) is 11.3 Å². The van der Waals surface area contributed by atoms with E-state index in [2.05, 4.69) is 11.4 Å². The van der Waals surface area contributed by atoms with Gasteiger partial charge in [0.05, 0.1) is 31.9 Å². The van der Waals surface area contributed by atoms with Crippen molar-refractivity contribution >= 4 is 23.5 Å². The lowest BCUT2D eigenvalue weighted by Gasteiger charge is -2.17. The van der Waals surface area contributed by atoms with Crippen molar-refractivity contribution in [2.24, 2.45) is 0 Å². The predicted molar refractivity (Wildman–Crippen MR) is 142 cm³/mol. The van der Waals surface area contributed by atoms with Crippen LogP contribution in [0.5, 0.6) is 11.5 Å². The summed E-state index contributed by atoms with van der Waals surface area (Å²) in [5, 5.41) is 20.9. The van der Waals surface area contributed by atoms with Crippen molar-refractivity contribution < 1.29 is 29.0 Å². The van der Waals surface area contributed by atoms with Crippen LogP contribution in [-0.4, -0.2) is 49.4 Å². The number of rotatable bonds is 12. The molecule has 8 nitrogen and oxygen atoms in total. The van der Waals surface area contributed by atoms with Crippen LogP contribution < -0.4 is 14.8 Å². The number of hydrogen-bond donors (Lipinski definition) is 2. The Morgan fingerprint density at radius 2 is 1.66 bits per heavy atom. The molecule has 0 saturated heterocycles. The standard InChI is InChI=1S/C30H28N2O6/c1-37-25-12-13-29(38-2)24(17-25)11-14-30(36)32-26(15-20-3-5-22(18-31)6-4-20)27(34)16-21-7-9-23(10-8-21)28(35)19-33/h3-14,17,26,33H,15-16,19H2,1-2H3,(H,32,36)/b14-11+/t26-/m0/s1. The van der Waals surface area contributed by atoms with Crippen molar-refractivity contribution in [1.29, 1.82) is 5.26 Å². The number of hydrogen-bond acceptors (Lipinski definition) is 7. The SMILES string of the molecule is COc1ccc(OC)c(/C=C/C(=O)N[C@@H](Cc2ccc(C#N)cc2)C(=O)Cc2ccc(C(=O)CO)cc2)c1. The highest BCUT2D eigenvalue weighted by atomic mass is 16.5. The molecule has 3 aromatic carbocycles. The average molecular weight is 513 g/mol. The second-order valence-corrected chi connectivity index (χ2v) is 8.44. The Morgan fingerprint density at radius 1 is 0.974 bits per heavy atom. The van der Waals surface area contributed by atoms with Gasteiger partial charge >= 0.3 is 0 Å². The number of Topliss-reactive ketones (excluding diaryl/α,β-unsaturated/α-hetero) is 2. The quantitative estimate of drug-likeness (QED) is 0.282. The molecule has 8 heteroatoms. The lowest BCUT2D eigenvalue weighted by atomic mass is 9.96. The van der Waals surface area contributed by atoms with Crippen LogP contribution in [-0.2, 0) is 22.4 Å². The molecule has 0 saturated carbocycles. The average Bonchev–Trinajstić information content (AvgIpc) is 2.95. The highest BCUT2D eigenvalue weighted by Crippen LogP contribution is 2.25. The molecule has 3 rings (SSSR count). The van der Waals surface area contributed by atoms with E-state index in [4.69, 9.17) is 19.8 Å². The van der Waals surface area contributed by atoms with E-state index >= 15 is 0 Å². The van der Waals surface area contributed by atoms with Crippen LogP contribution in [0.25, 0.3) is 6.08 Å². The Hall–Kier alpha value is -4.74. The number of aliphatic hydroxyl groups excluding tert-OH is 1. The fourth-order valence-electron chi connectivity index (χ4n) is 3.78. The first kappa shape index (κ1) is 27.8. The van der Waals surface area contributed by atoms with E-state index in [9.17, 15) is 14.4 Å². The van der Waals surface area contributed by atoms with Gasteiger partial charge in [-0.3, -0.25) is 14.4 Å². The van der Waals surface area contributed by atoms with Gasteiger partial charge in [0.15, 0.2) is 11.6 Å². The molecule has 0 aromatic heterocycles. The van der Waals surface area contributed by atoms with Gasteiger partial charge in [-0.2, -0.15) is 5.26 Å². The van der Waals surface area contributed by atoms with Gasteiger partial charge in [-0.15, -0.1) is 0 Å². The van der Waals surface area contributed by atoms with Gasteiger partial charge in [0.2, 0.25) is 5.91 Å². The van der Waals surface area contributed by atoms with Gasteiger partial charge in [-0.05, 0) is 54.0 Å². The lowest BCUT2D eigenvalue weighted by molar-refractivity contribution is -0.125. The molecule has 0 aliphatic carbocycles. The summed E-state index contributed by atoms with van der Waals surface area (Å²) < 4.78 is 10.6. The van der Waals surface area contributed by atoms with E-state index in [0.29, 0.717) is 33.8 Å². The van der Waals surface area contributed by atoms with E-state index in [-0.39, 0.29) is 18.6 Å². The first-order valence-electron chi connectivity index (χ1n) is 11.8. The topological polar surface area (TPSA) is 126 Å². The van der Waals surface area contributed by atoms with Crippen LogP contribution in [0.3, 0.4) is 0 Å². The Balaban J connectivity index is 1.79. The normalized spacial score (nSPS) is 11.4. The molecule has 0 aliphatic heterocycles. The third-order valence-electron chi connectivity index (χ3n) is 5.88. The third-order valence-corrected chi connectivity index (χ3v) is 5.88. The molecule has 0 radical (unpaired) electrons. The number of carbonyl (C=O) groups excluding carboxylic acids is 3. The summed E-state index contributed by atoms with van der Waals surface area (Å²) in [5.41, 5.74) is 2.93. The van der Waals surface area contributed by atoms with E-state index in [1.165, 1.54) is 13.2 Å². The molecular weight excluding hydrogens is 484 g/mol. The number of ketones is 2. The summed E-state index contributed by atoms with van der Waals surface area (Å²) in [6.07, 6.45) is 3.17. The second-order valence-electron chi connectivity index (χ2n) is 8.44. The number of ether oxygens (including phenoxy) is 2. The van der Waals surface area contributed by atoms with Crippen molar-refractivity contribution in [3.63, 3.8) is 0 Å². The molecule has 0 spiro atoms. The molecule has 38 heavy (non-hydrogen) atoms. The summed E-state index contributed by atoms with van der Waals surface area (Å²) >= 11 is 0. The smallest absolute Gasteiger partial charge is 0.244 e. The minimum absolute atomic E-state index is 0.0300. The van der Waals surface area contributed by atoms with Crippen molar-refractivity contribution in [3.8, 4) is 17.6 Å². The molecule has 0 heterocycles. The largest absolute Gasteiger partial charge is 0.497 e. The number of carbonyl (C=O) groups is 3. The van der Waals surface area contributed by atoms with E-state index in [0.717, 1.165) is 5.56 Å². The van der Waals surface area contributed by atoms with Crippen molar-refractivity contribution in [3.05, 3.63) is 101 Å². The number of amides is 1. The summed E-state index contributed by atoms with van der Waals surface area (Å²) in [4.78, 5) is 37.8. The van der Waals surface area contributed by atoms with Crippen molar-refractivity contribution in [1.82, 2.24) is 5.32 Å². The minimum Gasteiger partial charge on any atom is -0.497 e. The maximum atomic E-state index is 13.3. The van der Waals surface area contributed by atoms with E-state index < -0.39 is 24.3 Å². The van der Waals surface area contributed by atoms with Gasteiger partial charge in [0, 0.05) is 23.6 Å². The molecule has 1 amide bonds. The van der Waals surface area contributed by atoms with E-state index in [1.54, 1.807) is 79.9 Å². The molecule has 3 aromatic rings. The van der Waals surface area contributed by atoms with Crippen LogP contribution in [0.15, 0.2) is 72.8 Å². The monoisotopic (exact) mass is 512 g/mol. The minimum atomic E-state index is -0.842. The fraction of sp³-hybridized carbons (Fsp3) is 0.200. The summed E-state index contributed by atoms with van der Waals surface area (Å²) in [5.74, 6) is 0.0602. The maximum Gasteiger partial charge on any atom is 0.244 e. The number of nitrogens with zero attached hydrogens (tertiary/aromatic N) is 1. The summed E-state index contributed by atoms with van der Waals surface area (Å²) in [6, 6.07) is 19.6. The first-order chi connectivity index (χ1) is 18.4. The zero-order chi connectivity index (χ0) is 27.5. The van der Waals surface area contributed by atoms with Crippen molar-refractivity contribution in [2.75, 3.05) is 20.8 Å². The number of methoxy groups -OCH3 is 2. The fourth-order valence-corrected chi connectivity index (χ4v) is 3.78. The van der Waals surface area contributed by atoms with Gasteiger partial charge in [0.1, 0.15) is 18.1 Å². The maximum absolute atomic E-state index is 13.3.